The molecule has 0 saturated carbocycles. The Kier molecular flexibility index (Phi) is 6.25. The van der Waals surface area contributed by atoms with Crippen molar-refractivity contribution in [1.29, 1.82) is 0 Å². The summed E-state index contributed by atoms with van der Waals surface area (Å²) >= 11 is 1.49. The molecule has 1 aromatic rings. The van der Waals surface area contributed by atoms with Gasteiger partial charge in [0.2, 0.25) is 0 Å². The van der Waals surface area contributed by atoms with E-state index in [-0.39, 0.29) is 11.4 Å². The van der Waals surface area contributed by atoms with Crippen LogP contribution in [0.1, 0.15) is 19.8 Å². The van der Waals surface area contributed by atoms with Crippen molar-refractivity contribution in [2.45, 2.75) is 30.2 Å². The lowest BCUT2D eigenvalue weighted by atomic mass is 9.74. The average molecular weight is 405 g/mol. The van der Waals surface area contributed by atoms with E-state index >= 15 is 0 Å². The third-order valence-corrected chi connectivity index (χ3v) is 7.07. The van der Waals surface area contributed by atoms with Gasteiger partial charge in [0, 0.05) is 22.1 Å². The van der Waals surface area contributed by atoms with Crippen molar-refractivity contribution in [3.63, 3.8) is 0 Å². The van der Waals surface area contributed by atoms with E-state index in [2.05, 4.69) is 0 Å². The molecular formula is C21H24FNO4S. The van der Waals surface area contributed by atoms with E-state index in [1.165, 1.54) is 30.0 Å². The van der Waals surface area contributed by atoms with E-state index in [4.69, 9.17) is 0 Å². The molecule has 5 nitrogen and oxygen atoms in total. The first-order valence-corrected chi connectivity index (χ1v) is 10.3. The van der Waals surface area contributed by atoms with Crippen LogP contribution in [0, 0.1) is 17.7 Å². The predicted octanol–water partition coefficient (Wildman–Crippen LogP) is 3.67. The number of halogens is 1. The number of carboxylic acids is 2. The summed E-state index contributed by atoms with van der Waals surface area (Å²) in [6.07, 6.45) is 6.22. The van der Waals surface area contributed by atoms with Gasteiger partial charge in [-0.3, -0.25) is 4.90 Å². The molecule has 1 aliphatic heterocycles. The minimum absolute atomic E-state index is 0.113. The van der Waals surface area contributed by atoms with Crippen LogP contribution in [0.25, 0.3) is 0 Å². The highest BCUT2D eigenvalue weighted by Crippen LogP contribution is 2.39. The summed E-state index contributed by atoms with van der Waals surface area (Å²) < 4.78 is 13.8. The van der Waals surface area contributed by atoms with Crippen LogP contribution in [0.4, 0.5) is 4.39 Å². The van der Waals surface area contributed by atoms with E-state index in [1.807, 2.05) is 11.0 Å². The average Bonchev–Trinajstić information content (AvgIpc) is 2.68. The molecule has 2 N–H and O–H groups in total. The van der Waals surface area contributed by atoms with Gasteiger partial charge < -0.3 is 10.2 Å². The van der Waals surface area contributed by atoms with Crippen molar-refractivity contribution in [3.8, 4) is 0 Å². The van der Waals surface area contributed by atoms with Crippen LogP contribution < -0.4 is 0 Å². The highest BCUT2D eigenvalue weighted by molar-refractivity contribution is 7.99. The number of piperidine rings is 1. The third-order valence-electron chi connectivity index (χ3n) is 5.79. The normalized spacial score (nSPS) is 26.1. The number of nitrogens with zero attached hydrogens (tertiary/aromatic N) is 1. The number of allylic oxidation sites excluding steroid dienone is 2. The Bertz CT molecular complexity index is 816. The van der Waals surface area contributed by atoms with Gasteiger partial charge in [0.1, 0.15) is 11.4 Å². The predicted molar refractivity (Wildman–Crippen MR) is 106 cm³/mol. The van der Waals surface area contributed by atoms with E-state index in [1.54, 1.807) is 25.1 Å². The lowest BCUT2D eigenvalue weighted by Crippen LogP contribution is -2.61. The van der Waals surface area contributed by atoms with E-state index in [9.17, 15) is 24.2 Å². The summed E-state index contributed by atoms with van der Waals surface area (Å²) in [4.78, 5) is 26.3. The Balaban J connectivity index is 1.66. The summed E-state index contributed by atoms with van der Waals surface area (Å²) in [7, 11) is 0. The summed E-state index contributed by atoms with van der Waals surface area (Å²) in [6.45, 7) is 2.80. The number of hydrogen-bond donors (Lipinski definition) is 2. The molecular weight excluding hydrogens is 381 g/mol. The Labute approximate surface area is 167 Å². The van der Waals surface area contributed by atoms with Crippen molar-refractivity contribution >= 4 is 23.7 Å². The van der Waals surface area contributed by atoms with Gasteiger partial charge in [-0.2, -0.15) is 0 Å². The fraction of sp³-hybridized carbons (Fsp3) is 0.429. The minimum Gasteiger partial charge on any atom is -0.480 e. The van der Waals surface area contributed by atoms with E-state index < -0.39 is 23.4 Å². The lowest BCUT2D eigenvalue weighted by Gasteiger charge is -2.47. The van der Waals surface area contributed by atoms with Crippen LogP contribution in [-0.4, -0.2) is 51.4 Å². The number of rotatable bonds is 6. The van der Waals surface area contributed by atoms with Crippen LogP contribution in [0.15, 0.2) is 53.0 Å². The lowest BCUT2D eigenvalue weighted by molar-refractivity contribution is -0.152. The molecule has 1 aliphatic carbocycles. The maximum atomic E-state index is 13.8. The molecule has 1 saturated heterocycles. The molecule has 1 aromatic carbocycles. The zero-order valence-corrected chi connectivity index (χ0v) is 16.5. The van der Waals surface area contributed by atoms with Gasteiger partial charge in [-0.15, -0.1) is 11.8 Å². The van der Waals surface area contributed by atoms with Crippen LogP contribution in [0.2, 0.25) is 0 Å². The second kappa shape index (κ2) is 8.49. The van der Waals surface area contributed by atoms with Crippen LogP contribution in [-0.2, 0) is 9.59 Å². The smallest absolute Gasteiger partial charge is 0.331 e. The highest BCUT2D eigenvalue weighted by atomic mass is 32.2. The van der Waals surface area contributed by atoms with Gasteiger partial charge in [-0.25, -0.2) is 14.0 Å². The van der Waals surface area contributed by atoms with Gasteiger partial charge in [-0.1, -0.05) is 37.3 Å². The van der Waals surface area contributed by atoms with Gasteiger partial charge in [-0.05, 0) is 44.0 Å². The molecule has 28 heavy (non-hydrogen) atoms. The molecule has 0 radical (unpaired) electrons. The maximum absolute atomic E-state index is 13.8. The fourth-order valence-corrected chi connectivity index (χ4v) is 5.22. The maximum Gasteiger partial charge on any atom is 0.331 e. The standard InChI is InChI=1S/C21H24FNO4S/c1-14-16(19(24)25)5-4-10-21(14,20(26)27)23-11-8-15(9-12-23)13-28-18-7-3-2-6-17(18)22/h2-7,10,14-15H,8-9,11-13H2,1H3,(H,24,25)(H,26,27). The Morgan fingerprint density at radius 3 is 2.54 bits per heavy atom. The molecule has 2 aliphatic rings. The van der Waals surface area contributed by atoms with Crippen LogP contribution >= 0.6 is 11.8 Å². The first-order valence-electron chi connectivity index (χ1n) is 9.34. The van der Waals surface area contributed by atoms with Crippen molar-refractivity contribution in [1.82, 2.24) is 4.90 Å². The summed E-state index contributed by atoms with van der Waals surface area (Å²) in [5, 5.41) is 19.4. The quantitative estimate of drug-likeness (QED) is 0.703. The van der Waals surface area contributed by atoms with Crippen molar-refractivity contribution in [2.75, 3.05) is 18.8 Å². The topological polar surface area (TPSA) is 77.8 Å². The largest absolute Gasteiger partial charge is 0.480 e. The summed E-state index contributed by atoms with van der Waals surface area (Å²) in [5.74, 6) is -1.84. The zero-order valence-electron chi connectivity index (χ0n) is 15.7. The summed E-state index contributed by atoms with van der Waals surface area (Å²) in [5.41, 5.74) is -1.23. The molecule has 2 unspecified atom stereocenters. The van der Waals surface area contributed by atoms with Gasteiger partial charge in [0.05, 0.1) is 0 Å². The van der Waals surface area contributed by atoms with E-state index in [0.717, 1.165) is 18.6 Å². The zero-order chi connectivity index (χ0) is 20.3. The molecule has 2 atom stereocenters. The number of carbonyl (C=O) groups is 2. The van der Waals surface area contributed by atoms with Crippen LogP contribution in [0.5, 0.6) is 0 Å². The molecule has 1 fully saturated rings. The molecule has 1 heterocycles. The summed E-state index contributed by atoms with van der Waals surface area (Å²) in [6, 6.07) is 6.70. The molecule has 0 aromatic heterocycles. The van der Waals surface area contributed by atoms with E-state index in [0.29, 0.717) is 23.9 Å². The second-order valence-corrected chi connectivity index (χ2v) is 8.37. The van der Waals surface area contributed by atoms with Gasteiger partial charge in [0.25, 0.3) is 0 Å². The minimum atomic E-state index is -1.34. The number of hydrogen-bond acceptors (Lipinski definition) is 4. The van der Waals surface area contributed by atoms with Crippen LogP contribution in [0.3, 0.4) is 0 Å². The number of carboxylic acid groups (broad SMARTS) is 2. The third kappa shape index (κ3) is 3.86. The molecule has 150 valence electrons. The number of likely N-dealkylation sites (tertiary alicyclic amines) is 1. The van der Waals surface area contributed by atoms with Gasteiger partial charge >= 0.3 is 11.9 Å². The molecule has 0 spiro atoms. The van der Waals surface area contributed by atoms with Crippen molar-refractivity contribution in [3.05, 3.63) is 53.9 Å². The molecule has 7 heteroatoms. The van der Waals surface area contributed by atoms with Crippen molar-refractivity contribution in [2.24, 2.45) is 11.8 Å². The first kappa shape index (κ1) is 20.6. The number of benzene rings is 1. The Hall–Kier alpha value is -2.12. The van der Waals surface area contributed by atoms with Gasteiger partial charge in [0.15, 0.2) is 0 Å². The fourth-order valence-electron chi connectivity index (χ4n) is 4.09. The van der Waals surface area contributed by atoms with Crippen molar-refractivity contribution < 1.29 is 24.2 Å². The number of thioether (sulfide) groups is 1. The Morgan fingerprint density at radius 2 is 1.93 bits per heavy atom. The first-order chi connectivity index (χ1) is 13.4. The monoisotopic (exact) mass is 405 g/mol. The molecule has 0 bridgehead atoms. The Morgan fingerprint density at radius 1 is 1.25 bits per heavy atom. The molecule has 0 amide bonds. The molecule has 3 rings (SSSR count). The SMILES string of the molecule is CC1C(C(=O)O)=CC=CC1(C(=O)O)N1CCC(CSc2ccccc2F)CC1. The number of aliphatic carboxylic acids is 2. The second-order valence-electron chi connectivity index (χ2n) is 7.31. The highest BCUT2D eigenvalue weighted by Gasteiger charge is 2.50.